The van der Waals surface area contributed by atoms with Crippen molar-refractivity contribution in [1.29, 1.82) is 0 Å². The van der Waals surface area contributed by atoms with Crippen molar-refractivity contribution in [3.05, 3.63) is 35.7 Å². The number of aliphatic carboxylic acids is 1. The lowest BCUT2D eigenvalue weighted by Gasteiger charge is -2.23. The molecule has 0 spiro atoms. The number of rotatable bonds is 4. The number of aryl methyl sites for hydroxylation is 1. The van der Waals surface area contributed by atoms with Crippen LogP contribution in [0.4, 0.5) is 0 Å². The van der Waals surface area contributed by atoms with Gasteiger partial charge in [-0.05, 0) is 24.3 Å². The topological polar surface area (TPSA) is 115 Å². The minimum atomic E-state index is -1.36. The minimum absolute atomic E-state index is 0.0343. The van der Waals surface area contributed by atoms with Gasteiger partial charge in [0, 0.05) is 31.1 Å². The van der Waals surface area contributed by atoms with E-state index in [4.69, 9.17) is 9.15 Å². The monoisotopic (exact) mass is 317 g/mol. The third-order valence-corrected chi connectivity index (χ3v) is 3.70. The Morgan fingerprint density at radius 3 is 2.52 bits per heavy atom. The first kappa shape index (κ1) is 15.2. The minimum Gasteiger partial charge on any atom is -0.479 e. The van der Waals surface area contributed by atoms with Gasteiger partial charge in [-0.2, -0.15) is 0 Å². The molecule has 120 valence electrons. The molecule has 0 radical (unpaired) electrons. The molecule has 1 saturated heterocycles. The molecule has 0 aliphatic carbocycles. The summed E-state index contributed by atoms with van der Waals surface area (Å²) in [6, 6.07) is 6.49. The number of aromatic nitrogens is 2. The Hall–Kier alpha value is -2.74. The summed E-state index contributed by atoms with van der Waals surface area (Å²) in [5, 5.41) is 19.5. The Morgan fingerprint density at radius 1 is 1.26 bits per heavy atom. The number of benzene rings is 1. The van der Waals surface area contributed by atoms with Gasteiger partial charge in [0.1, 0.15) is 0 Å². The van der Waals surface area contributed by atoms with E-state index >= 15 is 0 Å². The maximum atomic E-state index is 12.3. The van der Waals surface area contributed by atoms with Gasteiger partial charge in [-0.25, -0.2) is 4.79 Å². The molecular weight excluding hydrogens is 302 g/mol. The molecule has 1 aliphatic rings. The van der Waals surface area contributed by atoms with Crippen LogP contribution in [0.1, 0.15) is 22.7 Å². The van der Waals surface area contributed by atoms with Crippen molar-refractivity contribution >= 4 is 11.9 Å². The van der Waals surface area contributed by atoms with Crippen molar-refractivity contribution in [2.24, 2.45) is 0 Å². The lowest BCUT2D eigenvalue weighted by atomic mass is 9.98. The van der Waals surface area contributed by atoms with Gasteiger partial charge < -0.3 is 19.6 Å². The number of hydrogen-bond donors (Lipinski definition) is 2. The van der Waals surface area contributed by atoms with E-state index in [1.165, 1.54) is 0 Å². The number of nitrogens with zero attached hydrogens (tertiary/aromatic N) is 2. The zero-order valence-corrected chi connectivity index (χ0v) is 12.4. The zero-order valence-electron chi connectivity index (χ0n) is 12.4. The van der Waals surface area contributed by atoms with Crippen LogP contribution in [0.25, 0.3) is 11.5 Å². The Bertz CT molecular complexity index is 732. The fourth-order valence-electron chi connectivity index (χ4n) is 2.35. The molecule has 1 fully saturated rings. The Labute approximate surface area is 131 Å². The summed E-state index contributed by atoms with van der Waals surface area (Å²) in [7, 11) is 0. The molecule has 0 saturated carbocycles. The first-order valence-corrected chi connectivity index (χ1v) is 7.04. The number of ether oxygens (including phenoxy) is 1. The van der Waals surface area contributed by atoms with Crippen molar-refractivity contribution in [2.75, 3.05) is 13.2 Å². The van der Waals surface area contributed by atoms with E-state index in [0.717, 1.165) is 0 Å². The number of carboxylic acids is 1. The normalized spacial score (nSPS) is 20.4. The average Bonchev–Trinajstić information content (AvgIpc) is 3.17. The highest BCUT2D eigenvalue weighted by Crippen LogP contribution is 2.21. The molecular formula is C15H15N3O5. The second kappa shape index (κ2) is 5.81. The Morgan fingerprint density at radius 2 is 2.00 bits per heavy atom. The summed E-state index contributed by atoms with van der Waals surface area (Å²) >= 11 is 0. The fraction of sp³-hybridized carbons (Fsp3) is 0.333. The predicted octanol–water partition coefficient (Wildman–Crippen LogP) is 1.02. The highest BCUT2D eigenvalue weighted by atomic mass is 16.5. The molecule has 2 N–H and O–H groups in total. The highest BCUT2D eigenvalue weighted by molar-refractivity contribution is 5.98. The van der Waals surface area contributed by atoms with Gasteiger partial charge >= 0.3 is 5.97 Å². The number of nitrogens with one attached hydrogen (secondary N) is 1. The van der Waals surface area contributed by atoms with Gasteiger partial charge in [-0.15, -0.1) is 10.2 Å². The summed E-state index contributed by atoms with van der Waals surface area (Å²) in [5.74, 6) is -0.750. The van der Waals surface area contributed by atoms with E-state index in [2.05, 4.69) is 15.5 Å². The lowest BCUT2D eigenvalue weighted by Crippen LogP contribution is -2.55. The smallest absolute Gasteiger partial charge is 0.331 e. The van der Waals surface area contributed by atoms with Crippen molar-refractivity contribution in [3.8, 4) is 11.5 Å². The van der Waals surface area contributed by atoms with Crippen LogP contribution in [0.15, 0.2) is 28.7 Å². The standard InChI is InChI=1S/C15H15N3O5/c1-9-17-18-13(23-9)11-4-2-10(3-5-11)12(19)16-15(14(20)21)6-7-22-8-15/h2-5H,6-8H2,1H3,(H,16,19)(H,20,21). The van der Waals surface area contributed by atoms with E-state index in [-0.39, 0.29) is 13.0 Å². The number of carbonyl (C=O) groups is 2. The van der Waals surface area contributed by atoms with Gasteiger partial charge in [0.15, 0.2) is 5.54 Å². The van der Waals surface area contributed by atoms with Crippen LogP contribution in [-0.4, -0.2) is 45.9 Å². The highest BCUT2D eigenvalue weighted by Gasteiger charge is 2.44. The molecule has 2 aromatic rings. The van der Waals surface area contributed by atoms with Gasteiger partial charge in [0.25, 0.3) is 5.91 Å². The van der Waals surface area contributed by atoms with Crippen molar-refractivity contribution in [3.63, 3.8) is 0 Å². The van der Waals surface area contributed by atoms with Gasteiger partial charge in [-0.3, -0.25) is 4.79 Å². The van der Waals surface area contributed by atoms with E-state index in [1.54, 1.807) is 31.2 Å². The molecule has 1 aromatic heterocycles. The van der Waals surface area contributed by atoms with Crippen LogP contribution in [0, 0.1) is 6.92 Å². The van der Waals surface area contributed by atoms with Gasteiger partial charge in [0.2, 0.25) is 11.8 Å². The molecule has 1 unspecified atom stereocenters. The Kier molecular flexibility index (Phi) is 3.83. The maximum absolute atomic E-state index is 12.3. The molecule has 0 bridgehead atoms. The van der Waals surface area contributed by atoms with Crippen LogP contribution in [0.2, 0.25) is 0 Å². The van der Waals surface area contributed by atoms with Crippen LogP contribution in [0.5, 0.6) is 0 Å². The number of hydrogen-bond acceptors (Lipinski definition) is 6. The summed E-state index contributed by atoms with van der Waals surface area (Å²) < 4.78 is 10.4. The second-order valence-electron chi connectivity index (χ2n) is 5.35. The third kappa shape index (κ3) is 2.93. The third-order valence-electron chi connectivity index (χ3n) is 3.70. The quantitative estimate of drug-likeness (QED) is 0.865. The molecule has 8 heteroatoms. The number of carboxylic acid groups (broad SMARTS) is 1. The van der Waals surface area contributed by atoms with Gasteiger partial charge in [0.05, 0.1) is 6.61 Å². The first-order chi connectivity index (χ1) is 11.0. The van der Waals surface area contributed by atoms with E-state index in [9.17, 15) is 14.7 Å². The maximum Gasteiger partial charge on any atom is 0.331 e. The van der Waals surface area contributed by atoms with E-state index in [1.807, 2.05) is 0 Å². The van der Waals surface area contributed by atoms with Crippen molar-refractivity contribution in [2.45, 2.75) is 18.9 Å². The van der Waals surface area contributed by atoms with Crippen LogP contribution in [-0.2, 0) is 9.53 Å². The summed E-state index contributed by atoms with van der Waals surface area (Å²) in [6.45, 7) is 1.96. The SMILES string of the molecule is Cc1nnc(-c2ccc(C(=O)NC3(C(=O)O)CCOC3)cc2)o1. The molecule has 1 atom stereocenters. The molecule has 1 amide bonds. The van der Waals surface area contributed by atoms with E-state index in [0.29, 0.717) is 29.5 Å². The summed E-state index contributed by atoms with van der Waals surface area (Å²) in [6.07, 6.45) is 0.243. The van der Waals surface area contributed by atoms with Crippen LogP contribution in [0.3, 0.4) is 0 Å². The number of amides is 1. The Balaban J connectivity index is 1.76. The fourth-order valence-corrected chi connectivity index (χ4v) is 2.35. The van der Waals surface area contributed by atoms with Crippen molar-refractivity contribution in [1.82, 2.24) is 15.5 Å². The molecule has 1 aliphatic heterocycles. The average molecular weight is 317 g/mol. The molecule has 23 heavy (non-hydrogen) atoms. The van der Waals surface area contributed by atoms with Crippen LogP contribution >= 0.6 is 0 Å². The van der Waals surface area contributed by atoms with Crippen molar-refractivity contribution < 1.29 is 23.8 Å². The zero-order chi connectivity index (χ0) is 16.4. The van der Waals surface area contributed by atoms with Gasteiger partial charge in [-0.1, -0.05) is 0 Å². The second-order valence-corrected chi connectivity index (χ2v) is 5.35. The largest absolute Gasteiger partial charge is 0.479 e. The molecule has 3 rings (SSSR count). The van der Waals surface area contributed by atoms with Crippen LogP contribution < -0.4 is 5.32 Å². The molecule has 1 aromatic carbocycles. The summed E-state index contributed by atoms with van der Waals surface area (Å²) in [4.78, 5) is 23.7. The lowest BCUT2D eigenvalue weighted by molar-refractivity contribution is -0.144. The number of carbonyl (C=O) groups excluding carboxylic acids is 1. The summed E-state index contributed by atoms with van der Waals surface area (Å²) in [5.41, 5.74) is -0.337. The molecule has 8 nitrogen and oxygen atoms in total. The predicted molar refractivity (Wildman–Crippen MR) is 77.7 cm³/mol. The first-order valence-electron chi connectivity index (χ1n) is 7.04. The van der Waals surface area contributed by atoms with E-state index < -0.39 is 17.4 Å². The molecule has 2 heterocycles.